The average Bonchev–Trinajstić information content (AvgIpc) is 3.10. The van der Waals surface area contributed by atoms with Crippen LogP contribution >= 0.6 is 11.3 Å². The molecule has 0 spiro atoms. The molecule has 6 nitrogen and oxygen atoms in total. The second-order valence-electron chi connectivity index (χ2n) is 5.50. The van der Waals surface area contributed by atoms with E-state index >= 15 is 0 Å². The highest BCUT2D eigenvalue weighted by atomic mass is 32.1. The molecule has 3 rings (SSSR count). The van der Waals surface area contributed by atoms with Gasteiger partial charge in [-0.25, -0.2) is 9.97 Å². The lowest BCUT2D eigenvalue weighted by molar-refractivity contribution is 0.0909. The molecule has 7 heteroatoms. The third-order valence-corrected chi connectivity index (χ3v) is 4.75. The quantitative estimate of drug-likeness (QED) is 0.898. The van der Waals surface area contributed by atoms with Crippen molar-refractivity contribution in [1.29, 1.82) is 0 Å². The lowest BCUT2D eigenvalue weighted by Gasteiger charge is -2.27. The molecule has 0 aliphatic heterocycles. The van der Waals surface area contributed by atoms with Crippen LogP contribution < -0.4 is 5.32 Å². The Hall–Kier alpha value is -1.86. The van der Waals surface area contributed by atoms with E-state index in [2.05, 4.69) is 20.3 Å². The van der Waals surface area contributed by atoms with Gasteiger partial charge in [0.15, 0.2) is 5.82 Å². The van der Waals surface area contributed by atoms with E-state index in [1.54, 1.807) is 24.0 Å². The van der Waals surface area contributed by atoms with Crippen molar-refractivity contribution < 1.29 is 9.90 Å². The summed E-state index contributed by atoms with van der Waals surface area (Å²) in [6.07, 6.45) is 7.01. The number of thiazole rings is 1. The van der Waals surface area contributed by atoms with Gasteiger partial charge in [0.1, 0.15) is 5.69 Å². The molecule has 0 aromatic carbocycles. The van der Waals surface area contributed by atoms with Crippen LogP contribution in [0.3, 0.4) is 0 Å². The van der Waals surface area contributed by atoms with Crippen LogP contribution in [0, 0.1) is 5.92 Å². The third-order valence-electron chi connectivity index (χ3n) is 3.98. The number of aliphatic hydroxyl groups excluding tert-OH is 1. The number of hydrogen-bond donors (Lipinski definition) is 2. The standard InChI is InChI=1S/C15H18N4O2S/c20-8-10-1-3-11(4-2-10)18-15(21)12-5-6-17-14(19-12)13-7-16-9-22-13/h5-7,9-11,20H,1-4,8H2,(H,18,21)/t10-,11-. The summed E-state index contributed by atoms with van der Waals surface area (Å²) in [4.78, 5) is 25.7. The number of nitrogens with zero attached hydrogens (tertiary/aromatic N) is 3. The molecule has 1 saturated carbocycles. The largest absolute Gasteiger partial charge is 0.396 e. The smallest absolute Gasteiger partial charge is 0.270 e. The molecule has 22 heavy (non-hydrogen) atoms. The van der Waals surface area contributed by atoms with E-state index in [-0.39, 0.29) is 18.6 Å². The van der Waals surface area contributed by atoms with Crippen LogP contribution in [-0.2, 0) is 0 Å². The highest BCUT2D eigenvalue weighted by Crippen LogP contribution is 2.24. The van der Waals surface area contributed by atoms with Crippen molar-refractivity contribution in [2.75, 3.05) is 6.61 Å². The second-order valence-corrected chi connectivity index (χ2v) is 6.39. The Labute approximate surface area is 132 Å². The summed E-state index contributed by atoms with van der Waals surface area (Å²) >= 11 is 1.44. The topological polar surface area (TPSA) is 88.0 Å². The molecule has 0 unspecified atom stereocenters. The summed E-state index contributed by atoms with van der Waals surface area (Å²) in [5.41, 5.74) is 2.09. The lowest BCUT2D eigenvalue weighted by atomic mass is 9.86. The molecule has 0 atom stereocenters. The Morgan fingerprint density at radius 3 is 2.86 bits per heavy atom. The van der Waals surface area contributed by atoms with Gasteiger partial charge in [-0.3, -0.25) is 9.78 Å². The van der Waals surface area contributed by atoms with Gasteiger partial charge >= 0.3 is 0 Å². The zero-order valence-corrected chi connectivity index (χ0v) is 12.9. The van der Waals surface area contributed by atoms with Crippen LogP contribution in [0.1, 0.15) is 36.2 Å². The minimum atomic E-state index is -0.166. The molecule has 2 aromatic heterocycles. The van der Waals surface area contributed by atoms with Crippen molar-refractivity contribution in [3.8, 4) is 10.7 Å². The first-order valence-electron chi connectivity index (χ1n) is 7.40. The van der Waals surface area contributed by atoms with Crippen LogP contribution in [0.4, 0.5) is 0 Å². The number of rotatable bonds is 4. The molecule has 0 bridgehead atoms. The maximum Gasteiger partial charge on any atom is 0.270 e. The number of amides is 1. The fourth-order valence-electron chi connectivity index (χ4n) is 2.68. The van der Waals surface area contributed by atoms with Gasteiger partial charge < -0.3 is 10.4 Å². The summed E-state index contributed by atoms with van der Waals surface area (Å²) in [5.74, 6) is 0.741. The van der Waals surface area contributed by atoms with E-state index in [0.717, 1.165) is 30.6 Å². The molecule has 1 amide bonds. The fraction of sp³-hybridized carbons (Fsp3) is 0.467. The van der Waals surface area contributed by atoms with Crippen molar-refractivity contribution in [3.05, 3.63) is 29.7 Å². The number of nitrogens with one attached hydrogen (secondary N) is 1. The van der Waals surface area contributed by atoms with Gasteiger partial charge in [0.2, 0.25) is 0 Å². The maximum absolute atomic E-state index is 12.3. The van der Waals surface area contributed by atoms with Crippen LogP contribution in [0.2, 0.25) is 0 Å². The average molecular weight is 318 g/mol. The normalized spacial score (nSPS) is 21.5. The summed E-state index contributed by atoms with van der Waals surface area (Å²) in [7, 11) is 0. The molecule has 0 radical (unpaired) electrons. The predicted molar refractivity (Wildman–Crippen MR) is 83.4 cm³/mol. The summed E-state index contributed by atoms with van der Waals surface area (Å²) in [5, 5.41) is 12.2. The monoisotopic (exact) mass is 318 g/mol. The first-order valence-corrected chi connectivity index (χ1v) is 8.28. The molecule has 116 valence electrons. The van der Waals surface area contributed by atoms with E-state index in [1.807, 2.05) is 0 Å². The molecule has 1 fully saturated rings. The Balaban J connectivity index is 1.64. The van der Waals surface area contributed by atoms with E-state index in [9.17, 15) is 4.79 Å². The summed E-state index contributed by atoms with van der Waals surface area (Å²) < 4.78 is 0. The third kappa shape index (κ3) is 3.48. The minimum absolute atomic E-state index is 0.164. The second kappa shape index (κ2) is 6.93. The van der Waals surface area contributed by atoms with Crippen molar-refractivity contribution >= 4 is 17.2 Å². The van der Waals surface area contributed by atoms with Crippen molar-refractivity contribution in [1.82, 2.24) is 20.3 Å². The van der Waals surface area contributed by atoms with Crippen LogP contribution in [0.5, 0.6) is 0 Å². The van der Waals surface area contributed by atoms with Gasteiger partial charge in [0, 0.05) is 25.0 Å². The van der Waals surface area contributed by atoms with E-state index in [4.69, 9.17) is 5.11 Å². The van der Waals surface area contributed by atoms with Gasteiger partial charge in [-0.2, -0.15) is 0 Å². The number of carbonyl (C=O) groups is 1. The fourth-order valence-corrected chi connectivity index (χ4v) is 3.24. The zero-order chi connectivity index (χ0) is 15.4. The van der Waals surface area contributed by atoms with Gasteiger partial charge in [0.25, 0.3) is 5.91 Å². The van der Waals surface area contributed by atoms with Gasteiger partial charge in [-0.05, 0) is 37.7 Å². The number of aliphatic hydroxyl groups is 1. The van der Waals surface area contributed by atoms with E-state index in [1.165, 1.54) is 11.3 Å². The predicted octanol–water partition coefficient (Wildman–Crippen LogP) is 1.88. The first-order chi connectivity index (χ1) is 10.8. The zero-order valence-electron chi connectivity index (χ0n) is 12.1. The maximum atomic E-state index is 12.3. The van der Waals surface area contributed by atoms with E-state index < -0.39 is 0 Å². The number of carbonyl (C=O) groups excluding carboxylic acids is 1. The van der Waals surface area contributed by atoms with Crippen LogP contribution in [0.25, 0.3) is 10.7 Å². The number of hydrogen-bond acceptors (Lipinski definition) is 6. The van der Waals surface area contributed by atoms with Gasteiger partial charge in [0.05, 0.1) is 10.4 Å². The Morgan fingerprint density at radius 1 is 1.36 bits per heavy atom. The first kappa shape index (κ1) is 15.1. The van der Waals surface area contributed by atoms with Crippen molar-refractivity contribution in [3.63, 3.8) is 0 Å². The van der Waals surface area contributed by atoms with Crippen LogP contribution in [-0.4, -0.2) is 38.6 Å². The van der Waals surface area contributed by atoms with Gasteiger partial charge in [-0.15, -0.1) is 11.3 Å². The Bertz CT molecular complexity index is 624. The lowest BCUT2D eigenvalue weighted by Crippen LogP contribution is -2.38. The molecule has 2 heterocycles. The highest BCUT2D eigenvalue weighted by Gasteiger charge is 2.22. The molecule has 1 aliphatic rings. The number of aromatic nitrogens is 3. The molecule has 2 aromatic rings. The molecule has 1 aliphatic carbocycles. The van der Waals surface area contributed by atoms with Gasteiger partial charge in [-0.1, -0.05) is 0 Å². The Kier molecular flexibility index (Phi) is 4.74. The minimum Gasteiger partial charge on any atom is -0.396 e. The molecular formula is C15H18N4O2S. The van der Waals surface area contributed by atoms with Crippen molar-refractivity contribution in [2.24, 2.45) is 5.92 Å². The summed E-state index contributed by atoms with van der Waals surface area (Å²) in [6.45, 7) is 0.241. The molecule has 2 N–H and O–H groups in total. The molecule has 0 saturated heterocycles. The summed E-state index contributed by atoms with van der Waals surface area (Å²) in [6, 6.07) is 1.79. The highest BCUT2D eigenvalue weighted by molar-refractivity contribution is 7.13. The Morgan fingerprint density at radius 2 is 2.18 bits per heavy atom. The molecular weight excluding hydrogens is 300 g/mol. The van der Waals surface area contributed by atoms with E-state index in [0.29, 0.717) is 17.4 Å². The SMILES string of the molecule is O=C(N[C@H]1CC[C@H](CO)CC1)c1ccnc(-c2cncs2)n1. The van der Waals surface area contributed by atoms with Crippen LogP contribution in [0.15, 0.2) is 24.0 Å². The van der Waals surface area contributed by atoms with Crippen molar-refractivity contribution in [2.45, 2.75) is 31.7 Å².